The minimum atomic E-state index is -0.823. The van der Waals surface area contributed by atoms with Gasteiger partial charge in [-0.2, -0.15) is 5.10 Å². The number of aromatic nitrogens is 2. The molecule has 2 aromatic rings. The molecule has 3 rings (SSSR count). The second-order valence-corrected chi connectivity index (χ2v) is 7.01. The van der Waals surface area contributed by atoms with Crippen molar-refractivity contribution < 1.29 is 14.3 Å². The van der Waals surface area contributed by atoms with Crippen molar-refractivity contribution in [3.63, 3.8) is 0 Å². The lowest BCUT2D eigenvalue weighted by molar-refractivity contribution is -0.145. The molecule has 1 heterocycles. The van der Waals surface area contributed by atoms with E-state index in [1.807, 2.05) is 30.3 Å². The van der Waals surface area contributed by atoms with E-state index in [1.165, 1.54) is 11.8 Å². The molecule has 0 fully saturated rings. The third-order valence-corrected chi connectivity index (χ3v) is 4.92. The topological polar surface area (TPSA) is 90.3 Å². The minimum Gasteiger partial charge on any atom is -0.467 e. The largest absolute Gasteiger partial charge is 0.467 e. The van der Waals surface area contributed by atoms with Gasteiger partial charge in [-0.3, -0.25) is 9.59 Å². The van der Waals surface area contributed by atoms with Crippen LogP contribution in [0.3, 0.4) is 0 Å². The van der Waals surface area contributed by atoms with Crippen molar-refractivity contribution in [3.05, 3.63) is 63.6 Å². The third-order valence-electron chi connectivity index (χ3n) is 4.92. The minimum absolute atomic E-state index is 0.228. The van der Waals surface area contributed by atoms with Crippen molar-refractivity contribution in [1.29, 1.82) is 0 Å². The van der Waals surface area contributed by atoms with Crippen LogP contribution in [0.2, 0.25) is 0 Å². The molecule has 7 heteroatoms. The van der Waals surface area contributed by atoms with Gasteiger partial charge >= 0.3 is 5.97 Å². The maximum atomic E-state index is 12.5. The first-order chi connectivity index (χ1) is 13.6. The molecule has 28 heavy (non-hydrogen) atoms. The van der Waals surface area contributed by atoms with Gasteiger partial charge in [0.25, 0.3) is 5.56 Å². The van der Waals surface area contributed by atoms with Crippen LogP contribution < -0.4 is 10.9 Å². The monoisotopic (exact) mass is 383 g/mol. The molecule has 148 valence electrons. The molecule has 1 amide bonds. The van der Waals surface area contributed by atoms with Crippen LogP contribution in [0.1, 0.15) is 36.1 Å². The molecule has 1 aliphatic carbocycles. The first-order valence-corrected chi connectivity index (χ1v) is 9.58. The normalized spacial score (nSPS) is 14.5. The predicted molar refractivity (Wildman–Crippen MR) is 104 cm³/mol. The van der Waals surface area contributed by atoms with Crippen LogP contribution in [0.25, 0.3) is 0 Å². The molecule has 0 saturated heterocycles. The van der Waals surface area contributed by atoms with Crippen molar-refractivity contribution in [3.8, 4) is 0 Å². The summed E-state index contributed by atoms with van der Waals surface area (Å²) in [7, 11) is 1.28. The molecule has 0 saturated carbocycles. The maximum absolute atomic E-state index is 12.5. The second kappa shape index (κ2) is 9.30. The Hall–Kier alpha value is -2.96. The van der Waals surface area contributed by atoms with Crippen molar-refractivity contribution in [2.24, 2.45) is 0 Å². The van der Waals surface area contributed by atoms with Crippen LogP contribution in [-0.4, -0.2) is 34.8 Å². The number of amides is 1. The summed E-state index contributed by atoms with van der Waals surface area (Å²) < 4.78 is 5.99. The third kappa shape index (κ3) is 5.06. The highest BCUT2D eigenvalue weighted by molar-refractivity contribution is 5.84. The Morgan fingerprint density at radius 1 is 1.18 bits per heavy atom. The molecular weight excluding hydrogens is 358 g/mol. The number of rotatable bonds is 6. The molecule has 0 unspecified atom stereocenters. The number of carbonyl (C=O) groups excluding carboxylic acids is 2. The zero-order valence-electron chi connectivity index (χ0n) is 16.0. The van der Waals surface area contributed by atoms with Gasteiger partial charge in [0.2, 0.25) is 5.91 Å². The Bertz CT molecular complexity index is 892. The highest BCUT2D eigenvalue weighted by atomic mass is 16.5. The lowest BCUT2D eigenvalue weighted by Crippen LogP contribution is -2.45. The smallest absolute Gasteiger partial charge is 0.328 e. The quantitative estimate of drug-likeness (QED) is 0.602. The molecule has 1 aromatic heterocycles. The molecule has 1 aromatic carbocycles. The number of benzene rings is 1. The Balaban J connectivity index is 1.71. The van der Waals surface area contributed by atoms with Gasteiger partial charge in [-0.25, -0.2) is 9.48 Å². The van der Waals surface area contributed by atoms with Crippen molar-refractivity contribution in [2.75, 3.05) is 7.11 Å². The average molecular weight is 383 g/mol. The second-order valence-electron chi connectivity index (χ2n) is 7.01. The van der Waals surface area contributed by atoms with Gasteiger partial charge in [0.05, 0.1) is 12.8 Å². The van der Waals surface area contributed by atoms with E-state index in [4.69, 9.17) is 4.74 Å². The van der Waals surface area contributed by atoms with E-state index in [2.05, 4.69) is 10.4 Å². The van der Waals surface area contributed by atoms with Crippen molar-refractivity contribution in [1.82, 2.24) is 15.1 Å². The number of fused-ring (bicyclic) bond motifs is 1. The molecule has 1 aliphatic rings. The summed E-state index contributed by atoms with van der Waals surface area (Å²) in [5.41, 5.74) is 2.47. The fourth-order valence-electron chi connectivity index (χ4n) is 3.45. The van der Waals surface area contributed by atoms with Gasteiger partial charge in [0.15, 0.2) is 0 Å². The number of esters is 1. The Morgan fingerprint density at radius 2 is 1.93 bits per heavy atom. The van der Waals surface area contributed by atoms with Crippen LogP contribution in [0.15, 0.2) is 41.2 Å². The van der Waals surface area contributed by atoms with Gasteiger partial charge in [0, 0.05) is 12.5 Å². The van der Waals surface area contributed by atoms with E-state index < -0.39 is 17.9 Å². The van der Waals surface area contributed by atoms with Crippen LogP contribution in [0.5, 0.6) is 0 Å². The number of nitrogens with zero attached hydrogens (tertiary/aromatic N) is 2. The Morgan fingerprint density at radius 3 is 2.68 bits per heavy atom. The number of aryl methyl sites for hydroxylation is 2. The maximum Gasteiger partial charge on any atom is 0.328 e. The average Bonchev–Trinajstić information content (AvgIpc) is 2.92. The molecule has 1 N–H and O–H groups in total. The fraction of sp³-hybridized carbons (Fsp3) is 0.429. The Kier molecular flexibility index (Phi) is 6.57. The van der Waals surface area contributed by atoms with Crippen LogP contribution in [0.4, 0.5) is 0 Å². The van der Waals surface area contributed by atoms with E-state index in [1.54, 1.807) is 6.07 Å². The summed E-state index contributed by atoms with van der Waals surface area (Å²) in [5.74, 6) is -0.978. The highest BCUT2D eigenvalue weighted by Gasteiger charge is 2.23. The van der Waals surface area contributed by atoms with Gasteiger partial charge in [-0.1, -0.05) is 36.8 Å². The van der Waals surface area contributed by atoms with Crippen molar-refractivity contribution in [2.45, 2.75) is 51.1 Å². The van der Waals surface area contributed by atoms with Gasteiger partial charge < -0.3 is 10.1 Å². The molecule has 0 radical (unpaired) electrons. The number of hydrogen-bond acceptors (Lipinski definition) is 5. The van der Waals surface area contributed by atoms with E-state index in [0.717, 1.165) is 48.9 Å². The number of methoxy groups -OCH3 is 1. The summed E-state index contributed by atoms with van der Waals surface area (Å²) in [4.78, 5) is 36.9. The highest BCUT2D eigenvalue weighted by Crippen LogP contribution is 2.16. The van der Waals surface area contributed by atoms with Gasteiger partial charge in [-0.05, 0) is 36.8 Å². The molecule has 0 spiro atoms. The fourth-order valence-corrected chi connectivity index (χ4v) is 3.45. The summed E-state index contributed by atoms with van der Waals surface area (Å²) in [5, 5.41) is 7.07. The SMILES string of the molecule is COC(=O)[C@@H](Cc1ccccc1)NC(=O)Cn1nc2c(cc1=O)CCCCC2. The van der Waals surface area contributed by atoms with Crippen LogP contribution in [0, 0.1) is 0 Å². The number of ether oxygens (including phenoxy) is 1. The zero-order valence-corrected chi connectivity index (χ0v) is 16.0. The summed E-state index contributed by atoms with van der Waals surface area (Å²) >= 11 is 0. The van der Waals surface area contributed by atoms with E-state index in [-0.39, 0.29) is 12.1 Å². The first kappa shape index (κ1) is 19.8. The lowest BCUT2D eigenvalue weighted by Gasteiger charge is -2.17. The first-order valence-electron chi connectivity index (χ1n) is 9.58. The van der Waals surface area contributed by atoms with E-state index in [0.29, 0.717) is 6.42 Å². The zero-order chi connectivity index (χ0) is 19.9. The predicted octanol–water partition coefficient (Wildman–Crippen LogP) is 1.41. The molecule has 1 atom stereocenters. The standard InChI is InChI=1S/C21H25N3O4/c1-28-21(27)18(12-15-8-4-2-5-9-15)22-19(25)14-24-20(26)13-16-10-6-3-7-11-17(16)23-24/h2,4-5,8-9,13,18H,3,6-7,10-12,14H2,1H3,(H,22,25)/t18-/m1/s1. The molecule has 0 bridgehead atoms. The van der Waals surface area contributed by atoms with E-state index in [9.17, 15) is 14.4 Å². The van der Waals surface area contributed by atoms with Crippen LogP contribution in [-0.2, 0) is 40.1 Å². The number of carbonyl (C=O) groups is 2. The number of nitrogens with one attached hydrogen (secondary N) is 1. The molecule has 7 nitrogen and oxygen atoms in total. The van der Waals surface area contributed by atoms with Crippen molar-refractivity contribution >= 4 is 11.9 Å². The molecular formula is C21H25N3O4. The summed E-state index contributed by atoms with van der Waals surface area (Å²) in [6.45, 7) is -0.228. The molecule has 0 aliphatic heterocycles. The van der Waals surface area contributed by atoms with Gasteiger partial charge in [-0.15, -0.1) is 0 Å². The summed E-state index contributed by atoms with van der Waals surface area (Å²) in [6.07, 6.45) is 5.18. The van der Waals surface area contributed by atoms with Crippen LogP contribution >= 0.6 is 0 Å². The van der Waals surface area contributed by atoms with Gasteiger partial charge in [0.1, 0.15) is 12.6 Å². The summed E-state index contributed by atoms with van der Waals surface area (Å²) in [6, 6.07) is 10.1. The van der Waals surface area contributed by atoms with E-state index >= 15 is 0 Å². The lowest BCUT2D eigenvalue weighted by atomic mass is 10.1. The number of hydrogen-bond donors (Lipinski definition) is 1. The Labute approximate surface area is 163 Å².